The van der Waals surface area contributed by atoms with Gasteiger partial charge in [0.25, 0.3) is 0 Å². The highest BCUT2D eigenvalue weighted by Crippen LogP contribution is 2.23. The van der Waals surface area contributed by atoms with E-state index in [1.807, 2.05) is 4.68 Å². The monoisotopic (exact) mass is 313 g/mol. The quantitative estimate of drug-likeness (QED) is 0.684. The molecule has 3 nitrogen and oxygen atoms in total. The van der Waals surface area contributed by atoms with E-state index in [2.05, 4.69) is 17.0 Å². The van der Waals surface area contributed by atoms with Crippen molar-refractivity contribution >= 4 is 0 Å². The molecule has 118 valence electrons. The van der Waals surface area contributed by atoms with Crippen LogP contribution in [0.25, 0.3) is 22.8 Å². The van der Waals surface area contributed by atoms with Crippen LogP contribution in [0.1, 0.15) is 19.8 Å². The zero-order valence-electron chi connectivity index (χ0n) is 12.8. The first kappa shape index (κ1) is 15.3. The predicted octanol–water partition coefficient (Wildman–Crippen LogP) is 4.69. The maximum absolute atomic E-state index is 13.1. The Morgan fingerprint density at radius 2 is 1.43 bits per heavy atom. The Kier molecular flexibility index (Phi) is 4.46. The fourth-order valence-electron chi connectivity index (χ4n) is 2.34. The SMILES string of the molecule is CCCCn1nc(-c2ccc(F)cc2)nc1-c1ccc(F)cc1. The zero-order chi connectivity index (χ0) is 16.2. The molecule has 0 unspecified atom stereocenters. The van der Waals surface area contributed by atoms with E-state index in [0.29, 0.717) is 11.6 Å². The molecular formula is C18H17F2N3. The van der Waals surface area contributed by atoms with Gasteiger partial charge in [-0.3, -0.25) is 0 Å². The molecule has 0 spiro atoms. The van der Waals surface area contributed by atoms with Crippen molar-refractivity contribution in [1.29, 1.82) is 0 Å². The molecule has 0 radical (unpaired) electrons. The fraction of sp³-hybridized carbons (Fsp3) is 0.222. The van der Waals surface area contributed by atoms with Gasteiger partial charge in [-0.05, 0) is 55.0 Å². The largest absolute Gasteiger partial charge is 0.245 e. The molecule has 3 aromatic rings. The van der Waals surface area contributed by atoms with Gasteiger partial charge in [0, 0.05) is 17.7 Å². The van der Waals surface area contributed by atoms with Gasteiger partial charge in [-0.15, -0.1) is 0 Å². The molecule has 0 saturated carbocycles. The van der Waals surface area contributed by atoms with E-state index < -0.39 is 0 Å². The Labute approximate surface area is 133 Å². The Balaban J connectivity index is 2.02. The molecule has 0 atom stereocenters. The van der Waals surface area contributed by atoms with Crippen LogP contribution in [0.5, 0.6) is 0 Å². The van der Waals surface area contributed by atoms with E-state index in [4.69, 9.17) is 0 Å². The van der Waals surface area contributed by atoms with Gasteiger partial charge in [0.15, 0.2) is 11.6 Å². The number of nitrogens with zero attached hydrogens (tertiary/aromatic N) is 3. The highest BCUT2D eigenvalue weighted by molar-refractivity contribution is 5.61. The minimum atomic E-state index is -0.294. The number of rotatable bonds is 5. The molecule has 0 N–H and O–H groups in total. The number of aryl methyl sites for hydroxylation is 1. The lowest BCUT2D eigenvalue weighted by Gasteiger charge is -2.04. The Hall–Kier alpha value is -2.56. The highest BCUT2D eigenvalue weighted by Gasteiger charge is 2.13. The molecule has 0 bridgehead atoms. The second kappa shape index (κ2) is 6.69. The van der Waals surface area contributed by atoms with Crippen molar-refractivity contribution in [2.75, 3.05) is 0 Å². The number of halogens is 2. The molecule has 0 amide bonds. The van der Waals surface area contributed by atoms with Crippen LogP contribution in [0.4, 0.5) is 8.78 Å². The van der Waals surface area contributed by atoms with Crippen molar-refractivity contribution in [2.45, 2.75) is 26.3 Å². The summed E-state index contributed by atoms with van der Waals surface area (Å²) in [5, 5.41) is 4.54. The summed E-state index contributed by atoms with van der Waals surface area (Å²) < 4.78 is 28.0. The number of hydrogen-bond acceptors (Lipinski definition) is 2. The molecule has 0 fully saturated rings. The summed E-state index contributed by atoms with van der Waals surface area (Å²) in [4.78, 5) is 4.57. The molecule has 0 aliphatic heterocycles. The predicted molar refractivity (Wildman–Crippen MR) is 85.7 cm³/mol. The third kappa shape index (κ3) is 3.44. The lowest BCUT2D eigenvalue weighted by Crippen LogP contribution is -2.02. The molecule has 1 heterocycles. The number of unbranched alkanes of at least 4 members (excludes halogenated alkanes) is 1. The third-order valence-corrected chi connectivity index (χ3v) is 3.60. The van der Waals surface area contributed by atoms with Gasteiger partial charge in [-0.25, -0.2) is 18.4 Å². The Morgan fingerprint density at radius 3 is 2.00 bits per heavy atom. The van der Waals surface area contributed by atoms with E-state index >= 15 is 0 Å². The van der Waals surface area contributed by atoms with Crippen molar-refractivity contribution in [3.63, 3.8) is 0 Å². The standard InChI is InChI=1S/C18H17F2N3/c1-2-3-12-23-18(14-6-10-16(20)11-7-14)21-17(22-23)13-4-8-15(19)9-5-13/h4-11H,2-3,12H2,1H3. The lowest BCUT2D eigenvalue weighted by atomic mass is 10.2. The molecule has 23 heavy (non-hydrogen) atoms. The van der Waals surface area contributed by atoms with E-state index in [9.17, 15) is 8.78 Å². The number of aromatic nitrogens is 3. The van der Waals surface area contributed by atoms with Crippen molar-refractivity contribution in [2.24, 2.45) is 0 Å². The molecule has 1 aromatic heterocycles. The molecule has 0 aliphatic carbocycles. The lowest BCUT2D eigenvalue weighted by molar-refractivity contribution is 0.577. The van der Waals surface area contributed by atoms with Crippen molar-refractivity contribution in [3.05, 3.63) is 60.2 Å². The Bertz CT molecular complexity index is 777. The van der Waals surface area contributed by atoms with Gasteiger partial charge in [-0.1, -0.05) is 13.3 Å². The summed E-state index contributed by atoms with van der Waals surface area (Å²) >= 11 is 0. The van der Waals surface area contributed by atoms with Crippen molar-refractivity contribution < 1.29 is 8.78 Å². The molecule has 0 saturated heterocycles. The zero-order valence-corrected chi connectivity index (χ0v) is 12.8. The fourth-order valence-corrected chi connectivity index (χ4v) is 2.34. The maximum atomic E-state index is 13.1. The summed E-state index contributed by atoms with van der Waals surface area (Å²) in [6.07, 6.45) is 2.01. The van der Waals surface area contributed by atoms with Crippen LogP contribution >= 0.6 is 0 Å². The summed E-state index contributed by atoms with van der Waals surface area (Å²) in [7, 11) is 0. The van der Waals surface area contributed by atoms with Crippen LogP contribution in [0, 0.1) is 11.6 Å². The second-order valence-corrected chi connectivity index (χ2v) is 5.35. The van der Waals surface area contributed by atoms with Gasteiger partial charge in [0.1, 0.15) is 11.6 Å². The van der Waals surface area contributed by atoms with Gasteiger partial charge in [0.2, 0.25) is 0 Å². The minimum Gasteiger partial charge on any atom is -0.245 e. The molecular weight excluding hydrogens is 296 g/mol. The third-order valence-electron chi connectivity index (χ3n) is 3.60. The van der Waals surface area contributed by atoms with Crippen molar-refractivity contribution in [1.82, 2.24) is 14.8 Å². The van der Waals surface area contributed by atoms with Crippen LogP contribution < -0.4 is 0 Å². The molecule has 0 aliphatic rings. The minimum absolute atomic E-state index is 0.285. The van der Waals surface area contributed by atoms with Crippen LogP contribution in [0.15, 0.2) is 48.5 Å². The van der Waals surface area contributed by atoms with E-state index in [0.717, 1.165) is 30.5 Å². The first-order valence-electron chi connectivity index (χ1n) is 7.64. The van der Waals surface area contributed by atoms with Crippen LogP contribution in [-0.4, -0.2) is 14.8 Å². The van der Waals surface area contributed by atoms with E-state index in [1.165, 1.54) is 24.3 Å². The van der Waals surface area contributed by atoms with E-state index in [-0.39, 0.29) is 11.6 Å². The molecule has 3 rings (SSSR count). The normalized spacial score (nSPS) is 10.9. The second-order valence-electron chi connectivity index (χ2n) is 5.35. The topological polar surface area (TPSA) is 30.7 Å². The van der Waals surface area contributed by atoms with Gasteiger partial charge in [0.05, 0.1) is 0 Å². The Morgan fingerprint density at radius 1 is 0.870 bits per heavy atom. The number of hydrogen-bond donors (Lipinski definition) is 0. The van der Waals surface area contributed by atoms with Crippen LogP contribution in [-0.2, 0) is 6.54 Å². The summed E-state index contributed by atoms with van der Waals surface area (Å²) in [5.41, 5.74) is 1.56. The smallest absolute Gasteiger partial charge is 0.181 e. The van der Waals surface area contributed by atoms with Crippen LogP contribution in [0.2, 0.25) is 0 Å². The van der Waals surface area contributed by atoms with Crippen LogP contribution in [0.3, 0.4) is 0 Å². The van der Waals surface area contributed by atoms with Crippen molar-refractivity contribution in [3.8, 4) is 22.8 Å². The highest BCUT2D eigenvalue weighted by atomic mass is 19.1. The van der Waals surface area contributed by atoms with Gasteiger partial charge in [-0.2, -0.15) is 5.10 Å². The summed E-state index contributed by atoms with van der Waals surface area (Å²) in [6.45, 7) is 2.84. The number of benzene rings is 2. The summed E-state index contributed by atoms with van der Waals surface area (Å²) in [6, 6.07) is 12.3. The van der Waals surface area contributed by atoms with Gasteiger partial charge < -0.3 is 0 Å². The van der Waals surface area contributed by atoms with Gasteiger partial charge >= 0.3 is 0 Å². The molecule has 5 heteroatoms. The first-order valence-corrected chi connectivity index (χ1v) is 7.64. The first-order chi connectivity index (χ1) is 11.2. The van der Waals surface area contributed by atoms with E-state index in [1.54, 1.807) is 24.3 Å². The maximum Gasteiger partial charge on any atom is 0.181 e. The summed E-state index contributed by atoms with van der Waals surface area (Å²) in [5.74, 6) is 0.656. The average Bonchev–Trinajstić information content (AvgIpc) is 2.98. The average molecular weight is 313 g/mol. The molecule has 2 aromatic carbocycles.